The highest BCUT2D eigenvalue weighted by molar-refractivity contribution is 5.84. The number of carbonyl (C=O) groups excluding carboxylic acids is 1. The number of aryl methyl sites for hydroxylation is 3. The average Bonchev–Trinajstić information content (AvgIpc) is 2.79. The van der Waals surface area contributed by atoms with Gasteiger partial charge in [0, 0.05) is 18.3 Å². The summed E-state index contributed by atoms with van der Waals surface area (Å²) in [5.41, 5.74) is 5.43. The summed E-state index contributed by atoms with van der Waals surface area (Å²) in [6.07, 6.45) is 1.03. The van der Waals surface area contributed by atoms with Crippen LogP contribution in [0.25, 0.3) is 0 Å². The summed E-state index contributed by atoms with van der Waals surface area (Å²) in [6.45, 7) is 10.1. The number of aromatic nitrogens is 2. The Morgan fingerprint density at radius 2 is 1.83 bits per heavy atom. The van der Waals surface area contributed by atoms with E-state index in [0.29, 0.717) is 0 Å². The largest absolute Gasteiger partial charge is 0.349 e. The molecule has 0 aliphatic carbocycles. The summed E-state index contributed by atoms with van der Waals surface area (Å²) in [6, 6.07) is 8.42. The number of hydrogen-bond acceptors (Lipinski definition) is 2. The molecule has 0 spiro atoms. The SMILES string of the molecule is CCc1ccc([C@H](C)NC(=O)[C@H](C)c2c(C)nn(C)c2C)cc1. The highest BCUT2D eigenvalue weighted by Crippen LogP contribution is 2.24. The molecule has 2 atom stereocenters. The van der Waals surface area contributed by atoms with E-state index in [1.165, 1.54) is 5.56 Å². The van der Waals surface area contributed by atoms with Gasteiger partial charge in [-0.2, -0.15) is 5.10 Å². The smallest absolute Gasteiger partial charge is 0.227 e. The second-order valence-electron chi connectivity index (χ2n) is 6.26. The molecule has 0 aliphatic heterocycles. The molecule has 0 saturated carbocycles. The van der Waals surface area contributed by atoms with Gasteiger partial charge in [-0.1, -0.05) is 31.2 Å². The number of rotatable bonds is 5. The third-order valence-electron chi connectivity index (χ3n) is 4.64. The van der Waals surface area contributed by atoms with Crippen LogP contribution in [0.3, 0.4) is 0 Å². The van der Waals surface area contributed by atoms with Gasteiger partial charge in [0.05, 0.1) is 17.7 Å². The average molecular weight is 313 g/mol. The van der Waals surface area contributed by atoms with Crippen LogP contribution in [0.5, 0.6) is 0 Å². The Hall–Kier alpha value is -2.10. The maximum absolute atomic E-state index is 12.6. The number of carbonyl (C=O) groups is 1. The van der Waals surface area contributed by atoms with E-state index in [1.807, 2.05) is 39.4 Å². The Bertz CT molecular complexity index is 685. The van der Waals surface area contributed by atoms with Crippen molar-refractivity contribution < 1.29 is 4.79 Å². The lowest BCUT2D eigenvalue weighted by molar-refractivity contribution is -0.122. The molecule has 23 heavy (non-hydrogen) atoms. The van der Waals surface area contributed by atoms with E-state index < -0.39 is 0 Å². The monoisotopic (exact) mass is 313 g/mol. The minimum Gasteiger partial charge on any atom is -0.349 e. The molecular weight excluding hydrogens is 286 g/mol. The van der Waals surface area contributed by atoms with Crippen molar-refractivity contribution in [1.29, 1.82) is 0 Å². The summed E-state index contributed by atoms with van der Waals surface area (Å²) >= 11 is 0. The number of nitrogens with zero attached hydrogens (tertiary/aromatic N) is 2. The van der Waals surface area contributed by atoms with Crippen LogP contribution in [-0.2, 0) is 18.3 Å². The molecule has 1 aromatic heterocycles. The molecule has 4 heteroatoms. The molecule has 0 saturated heterocycles. The van der Waals surface area contributed by atoms with Crippen molar-refractivity contribution in [3.8, 4) is 0 Å². The normalized spacial score (nSPS) is 13.7. The Kier molecular flexibility index (Phi) is 5.24. The summed E-state index contributed by atoms with van der Waals surface area (Å²) in [7, 11) is 1.91. The minimum absolute atomic E-state index is 0.00635. The summed E-state index contributed by atoms with van der Waals surface area (Å²) < 4.78 is 1.83. The third-order valence-corrected chi connectivity index (χ3v) is 4.64. The van der Waals surface area contributed by atoms with Gasteiger partial charge < -0.3 is 5.32 Å². The molecule has 124 valence electrons. The molecule has 0 unspecified atom stereocenters. The van der Waals surface area contributed by atoms with Gasteiger partial charge in [0.1, 0.15) is 0 Å². The fourth-order valence-electron chi connectivity index (χ4n) is 3.01. The molecule has 0 aliphatic rings. The lowest BCUT2D eigenvalue weighted by Crippen LogP contribution is -2.31. The predicted octanol–water partition coefficient (Wildman–Crippen LogP) is 3.58. The zero-order valence-electron chi connectivity index (χ0n) is 15.0. The van der Waals surface area contributed by atoms with E-state index in [9.17, 15) is 4.79 Å². The van der Waals surface area contributed by atoms with Gasteiger partial charge in [0.25, 0.3) is 0 Å². The zero-order valence-corrected chi connectivity index (χ0v) is 15.0. The molecule has 1 amide bonds. The Morgan fingerprint density at radius 3 is 2.30 bits per heavy atom. The van der Waals surface area contributed by atoms with Crippen molar-refractivity contribution in [2.24, 2.45) is 7.05 Å². The topological polar surface area (TPSA) is 46.9 Å². The molecule has 2 rings (SSSR count). The minimum atomic E-state index is -0.207. The Labute approximate surface area is 138 Å². The first-order valence-corrected chi connectivity index (χ1v) is 8.24. The van der Waals surface area contributed by atoms with E-state index in [0.717, 1.165) is 28.9 Å². The van der Waals surface area contributed by atoms with Gasteiger partial charge in [0.2, 0.25) is 5.91 Å². The molecule has 0 radical (unpaired) electrons. The van der Waals surface area contributed by atoms with Crippen molar-refractivity contribution in [2.75, 3.05) is 0 Å². The van der Waals surface area contributed by atoms with Crippen molar-refractivity contribution >= 4 is 5.91 Å². The number of hydrogen-bond donors (Lipinski definition) is 1. The van der Waals surface area contributed by atoms with Gasteiger partial charge in [-0.3, -0.25) is 9.48 Å². The number of amides is 1. The predicted molar refractivity (Wildman–Crippen MR) is 93.5 cm³/mol. The first-order chi connectivity index (χ1) is 10.8. The Morgan fingerprint density at radius 1 is 1.22 bits per heavy atom. The van der Waals surface area contributed by atoms with Crippen LogP contribution in [0.1, 0.15) is 60.8 Å². The number of benzene rings is 1. The van der Waals surface area contributed by atoms with Crippen LogP contribution < -0.4 is 5.32 Å². The van der Waals surface area contributed by atoms with Gasteiger partial charge in [-0.15, -0.1) is 0 Å². The highest BCUT2D eigenvalue weighted by atomic mass is 16.1. The van der Waals surface area contributed by atoms with Crippen LogP contribution in [0.2, 0.25) is 0 Å². The zero-order chi connectivity index (χ0) is 17.1. The van der Waals surface area contributed by atoms with Crippen LogP contribution >= 0.6 is 0 Å². The fraction of sp³-hybridized carbons (Fsp3) is 0.474. The fourth-order valence-corrected chi connectivity index (χ4v) is 3.01. The van der Waals surface area contributed by atoms with E-state index in [-0.39, 0.29) is 17.9 Å². The van der Waals surface area contributed by atoms with Crippen LogP contribution in [-0.4, -0.2) is 15.7 Å². The van der Waals surface area contributed by atoms with E-state index in [1.54, 1.807) is 0 Å². The second-order valence-corrected chi connectivity index (χ2v) is 6.26. The first kappa shape index (κ1) is 17.3. The molecule has 4 nitrogen and oxygen atoms in total. The van der Waals surface area contributed by atoms with Crippen LogP contribution in [0.4, 0.5) is 0 Å². The summed E-state index contributed by atoms with van der Waals surface area (Å²) in [4.78, 5) is 12.6. The van der Waals surface area contributed by atoms with E-state index >= 15 is 0 Å². The first-order valence-electron chi connectivity index (χ1n) is 8.24. The van der Waals surface area contributed by atoms with Crippen molar-refractivity contribution in [1.82, 2.24) is 15.1 Å². The van der Waals surface area contributed by atoms with Crippen molar-refractivity contribution in [2.45, 2.75) is 53.0 Å². The lowest BCUT2D eigenvalue weighted by Gasteiger charge is -2.19. The van der Waals surface area contributed by atoms with Gasteiger partial charge >= 0.3 is 0 Å². The van der Waals surface area contributed by atoms with E-state index in [4.69, 9.17) is 0 Å². The van der Waals surface area contributed by atoms with Gasteiger partial charge in [0.15, 0.2) is 0 Å². The molecule has 0 fully saturated rings. The van der Waals surface area contributed by atoms with E-state index in [2.05, 4.69) is 41.6 Å². The lowest BCUT2D eigenvalue weighted by atomic mass is 9.97. The number of nitrogens with one attached hydrogen (secondary N) is 1. The molecular formula is C19H27N3O. The standard InChI is InChI=1S/C19H27N3O/c1-7-16-8-10-17(11-9-16)13(3)20-19(23)12(2)18-14(4)21-22(6)15(18)5/h8-13H,7H2,1-6H3,(H,20,23)/t12-,13+/m1/s1. The van der Waals surface area contributed by atoms with Gasteiger partial charge in [-0.05, 0) is 45.2 Å². The van der Waals surface area contributed by atoms with Crippen LogP contribution in [0.15, 0.2) is 24.3 Å². The molecule has 2 aromatic rings. The molecule has 1 heterocycles. The molecule has 0 bridgehead atoms. The summed E-state index contributed by atoms with van der Waals surface area (Å²) in [5, 5.41) is 7.53. The van der Waals surface area contributed by atoms with Crippen molar-refractivity contribution in [3.63, 3.8) is 0 Å². The molecule has 1 aromatic carbocycles. The van der Waals surface area contributed by atoms with Crippen LogP contribution in [0, 0.1) is 13.8 Å². The van der Waals surface area contributed by atoms with Gasteiger partial charge in [-0.25, -0.2) is 0 Å². The third kappa shape index (κ3) is 3.63. The maximum atomic E-state index is 12.6. The Balaban J connectivity index is 2.10. The molecule has 1 N–H and O–H groups in total. The van der Waals surface area contributed by atoms with Crippen molar-refractivity contribution in [3.05, 3.63) is 52.3 Å². The summed E-state index contributed by atoms with van der Waals surface area (Å²) in [5.74, 6) is -0.169. The quantitative estimate of drug-likeness (QED) is 0.917. The highest BCUT2D eigenvalue weighted by Gasteiger charge is 2.23. The maximum Gasteiger partial charge on any atom is 0.227 e. The second kappa shape index (κ2) is 6.99.